The van der Waals surface area contributed by atoms with Gasteiger partial charge in [0.1, 0.15) is 0 Å². The fraction of sp³-hybridized carbons (Fsp3) is 0.889. The number of ether oxygens (including phenoxy) is 1. The first-order valence-electron chi connectivity index (χ1n) is 9.22. The summed E-state index contributed by atoms with van der Waals surface area (Å²) < 4.78 is 5.75. The van der Waals surface area contributed by atoms with Gasteiger partial charge < -0.3 is 20.1 Å². The van der Waals surface area contributed by atoms with Crippen molar-refractivity contribution in [2.45, 2.75) is 57.5 Å². The largest absolute Gasteiger partial charge is 0.481 e. The average molecular weight is 338 g/mol. The number of carboxylic acid groups (broad SMARTS) is 1. The number of carboxylic acids is 1. The van der Waals surface area contributed by atoms with Crippen molar-refractivity contribution in [1.82, 2.24) is 10.2 Å². The van der Waals surface area contributed by atoms with Gasteiger partial charge in [-0.25, -0.2) is 4.79 Å². The average Bonchev–Trinajstić information content (AvgIpc) is 3.13. The second-order valence-electron chi connectivity index (χ2n) is 8.16. The molecule has 3 fully saturated rings. The molecule has 6 nitrogen and oxygen atoms in total. The van der Waals surface area contributed by atoms with Gasteiger partial charge in [-0.2, -0.15) is 0 Å². The fourth-order valence-corrected chi connectivity index (χ4v) is 4.88. The van der Waals surface area contributed by atoms with Crippen molar-refractivity contribution >= 4 is 12.0 Å². The van der Waals surface area contributed by atoms with Crippen LogP contribution < -0.4 is 5.32 Å². The Morgan fingerprint density at radius 3 is 2.54 bits per heavy atom. The summed E-state index contributed by atoms with van der Waals surface area (Å²) in [7, 11) is 1.72. The first-order valence-corrected chi connectivity index (χ1v) is 9.22. The Morgan fingerprint density at radius 1 is 1.25 bits per heavy atom. The van der Waals surface area contributed by atoms with Gasteiger partial charge >= 0.3 is 12.0 Å². The molecule has 1 aliphatic heterocycles. The predicted octanol–water partition coefficient (Wildman–Crippen LogP) is 2.48. The number of rotatable bonds is 4. The molecule has 3 rings (SSSR count). The molecule has 0 spiro atoms. The number of carbonyl (C=O) groups excluding carboxylic acids is 1. The summed E-state index contributed by atoms with van der Waals surface area (Å²) in [5.41, 5.74) is -0.973. The smallest absolute Gasteiger partial charge is 0.317 e. The number of carbonyl (C=O) groups is 2. The Balaban J connectivity index is 1.57. The van der Waals surface area contributed by atoms with E-state index < -0.39 is 11.4 Å². The van der Waals surface area contributed by atoms with Gasteiger partial charge in [-0.1, -0.05) is 13.3 Å². The number of urea groups is 1. The van der Waals surface area contributed by atoms with Crippen molar-refractivity contribution in [3.8, 4) is 0 Å². The van der Waals surface area contributed by atoms with E-state index in [2.05, 4.69) is 12.2 Å². The van der Waals surface area contributed by atoms with Gasteiger partial charge in [-0.15, -0.1) is 0 Å². The number of nitrogens with one attached hydrogen (secondary N) is 1. The summed E-state index contributed by atoms with van der Waals surface area (Å²) in [4.78, 5) is 26.0. The normalized spacial score (nSPS) is 38.8. The molecule has 0 aromatic heterocycles. The Labute approximate surface area is 143 Å². The lowest BCUT2D eigenvalue weighted by molar-refractivity contribution is -0.149. The fourth-order valence-electron chi connectivity index (χ4n) is 4.88. The molecule has 6 heteroatoms. The van der Waals surface area contributed by atoms with E-state index in [0.717, 1.165) is 44.4 Å². The molecule has 0 bridgehead atoms. The van der Waals surface area contributed by atoms with Crippen LogP contribution in [-0.2, 0) is 9.53 Å². The molecule has 0 radical (unpaired) electrons. The Kier molecular flexibility index (Phi) is 4.78. The van der Waals surface area contributed by atoms with Gasteiger partial charge in [0.05, 0.1) is 11.0 Å². The summed E-state index contributed by atoms with van der Waals surface area (Å²) in [6.45, 7) is 3.67. The van der Waals surface area contributed by atoms with Crippen LogP contribution in [0, 0.1) is 17.3 Å². The number of nitrogens with zero attached hydrogens (tertiary/aromatic N) is 1. The number of hydrogen-bond acceptors (Lipinski definition) is 3. The Hall–Kier alpha value is -1.30. The van der Waals surface area contributed by atoms with Crippen molar-refractivity contribution in [3.63, 3.8) is 0 Å². The molecule has 0 aromatic rings. The SMILES string of the molecule is COC1(CNC(=O)N2C[C@@H]3CCC[C@@]3(C(=O)O)C2)CCC(C)CC1. The van der Waals surface area contributed by atoms with Crippen molar-refractivity contribution in [2.24, 2.45) is 17.3 Å². The molecule has 2 saturated carbocycles. The van der Waals surface area contributed by atoms with Crippen LogP contribution in [0.25, 0.3) is 0 Å². The van der Waals surface area contributed by atoms with Crippen LogP contribution in [0.2, 0.25) is 0 Å². The standard InChI is InChI=1S/C18H30N2O4/c1-13-5-8-17(24-2,9-6-13)11-19-16(23)20-10-14-4-3-7-18(14,12-20)15(21)22/h13-14H,3-12H2,1-2H3,(H,19,23)(H,21,22)/t13?,14-,17?,18+/m0/s1. The van der Waals surface area contributed by atoms with Crippen molar-refractivity contribution in [1.29, 1.82) is 0 Å². The molecule has 0 unspecified atom stereocenters. The van der Waals surface area contributed by atoms with Gasteiger partial charge in [0.15, 0.2) is 0 Å². The monoisotopic (exact) mass is 338 g/mol. The molecule has 24 heavy (non-hydrogen) atoms. The molecule has 1 saturated heterocycles. The van der Waals surface area contributed by atoms with E-state index in [0.29, 0.717) is 26.1 Å². The first kappa shape index (κ1) is 17.5. The summed E-state index contributed by atoms with van der Waals surface area (Å²) in [6.07, 6.45) is 6.73. The Morgan fingerprint density at radius 2 is 1.96 bits per heavy atom. The molecule has 2 atom stereocenters. The maximum Gasteiger partial charge on any atom is 0.317 e. The van der Waals surface area contributed by atoms with Gasteiger partial charge in [0, 0.05) is 26.7 Å². The molecular formula is C18H30N2O4. The molecule has 0 aromatic carbocycles. The predicted molar refractivity (Wildman–Crippen MR) is 89.8 cm³/mol. The number of hydrogen-bond donors (Lipinski definition) is 2. The van der Waals surface area contributed by atoms with Crippen LogP contribution in [-0.4, -0.2) is 54.4 Å². The zero-order valence-corrected chi connectivity index (χ0v) is 14.8. The van der Waals surface area contributed by atoms with Crippen LogP contribution in [0.15, 0.2) is 0 Å². The van der Waals surface area contributed by atoms with Gasteiger partial charge in [0.2, 0.25) is 0 Å². The van der Waals surface area contributed by atoms with E-state index in [4.69, 9.17) is 4.74 Å². The maximum atomic E-state index is 12.6. The topological polar surface area (TPSA) is 78.9 Å². The minimum atomic E-state index is -0.741. The second kappa shape index (κ2) is 6.54. The summed E-state index contributed by atoms with van der Waals surface area (Å²) in [5.74, 6) is 0.0833. The van der Waals surface area contributed by atoms with Gasteiger partial charge in [-0.3, -0.25) is 4.79 Å². The molecule has 2 aliphatic carbocycles. The molecule has 1 heterocycles. The van der Waals surface area contributed by atoms with Crippen molar-refractivity contribution in [3.05, 3.63) is 0 Å². The number of likely N-dealkylation sites (tertiary alicyclic amines) is 1. The van der Waals surface area contributed by atoms with Crippen LogP contribution >= 0.6 is 0 Å². The molecule has 3 aliphatic rings. The minimum Gasteiger partial charge on any atom is -0.481 e. The van der Waals surface area contributed by atoms with E-state index >= 15 is 0 Å². The van der Waals surface area contributed by atoms with Crippen LogP contribution in [0.5, 0.6) is 0 Å². The molecule has 2 amide bonds. The maximum absolute atomic E-state index is 12.6. The zero-order valence-electron chi connectivity index (χ0n) is 14.8. The van der Waals surface area contributed by atoms with Crippen molar-refractivity contribution in [2.75, 3.05) is 26.7 Å². The molecule has 136 valence electrons. The van der Waals surface area contributed by atoms with E-state index in [9.17, 15) is 14.7 Å². The third-order valence-electron chi connectivity index (χ3n) is 6.76. The highest BCUT2D eigenvalue weighted by Gasteiger charge is 2.55. The quantitative estimate of drug-likeness (QED) is 0.825. The molecular weight excluding hydrogens is 308 g/mol. The van der Waals surface area contributed by atoms with Gasteiger partial charge in [-0.05, 0) is 50.4 Å². The van der Waals surface area contributed by atoms with Gasteiger partial charge in [0.25, 0.3) is 0 Å². The minimum absolute atomic E-state index is 0.104. The highest BCUT2D eigenvalue weighted by Crippen LogP contribution is 2.48. The van der Waals surface area contributed by atoms with Crippen LogP contribution in [0.3, 0.4) is 0 Å². The number of methoxy groups -OCH3 is 1. The summed E-state index contributed by atoms with van der Waals surface area (Å²) >= 11 is 0. The third kappa shape index (κ3) is 3.01. The second-order valence-corrected chi connectivity index (χ2v) is 8.16. The molecule has 2 N–H and O–H groups in total. The van der Waals surface area contributed by atoms with E-state index in [1.165, 1.54) is 0 Å². The number of aliphatic carboxylic acids is 1. The first-order chi connectivity index (χ1) is 11.4. The summed E-state index contributed by atoms with van der Waals surface area (Å²) in [5, 5.41) is 12.6. The number of fused-ring (bicyclic) bond motifs is 1. The van der Waals surface area contributed by atoms with Crippen LogP contribution in [0.1, 0.15) is 51.9 Å². The van der Waals surface area contributed by atoms with Crippen molar-refractivity contribution < 1.29 is 19.4 Å². The lowest BCUT2D eigenvalue weighted by Gasteiger charge is -2.38. The van der Waals surface area contributed by atoms with E-state index in [1.807, 2.05) is 0 Å². The van der Waals surface area contributed by atoms with E-state index in [-0.39, 0.29) is 17.6 Å². The zero-order chi connectivity index (χ0) is 17.4. The third-order valence-corrected chi connectivity index (χ3v) is 6.76. The van der Waals surface area contributed by atoms with Crippen LogP contribution in [0.4, 0.5) is 4.79 Å². The highest BCUT2D eigenvalue weighted by molar-refractivity contribution is 5.80. The number of amides is 2. The Bertz CT molecular complexity index is 501. The lowest BCUT2D eigenvalue weighted by Crippen LogP contribution is -2.50. The van der Waals surface area contributed by atoms with E-state index in [1.54, 1.807) is 12.0 Å². The lowest BCUT2D eigenvalue weighted by atomic mass is 9.79. The highest BCUT2D eigenvalue weighted by atomic mass is 16.5. The summed E-state index contributed by atoms with van der Waals surface area (Å²) in [6, 6.07) is -0.139.